The van der Waals surface area contributed by atoms with Crippen molar-refractivity contribution < 1.29 is 8.98 Å². The van der Waals surface area contributed by atoms with Crippen molar-refractivity contribution in [3.63, 3.8) is 0 Å². The lowest BCUT2D eigenvalue weighted by molar-refractivity contribution is -0.660. The van der Waals surface area contributed by atoms with Crippen molar-refractivity contribution in [1.82, 2.24) is 0 Å². The number of rotatable bonds is 2. The second-order valence-electron chi connectivity index (χ2n) is 8.04. The largest absolute Gasteiger partial charge is 0.455 e. The molecule has 0 unspecified atom stereocenters. The van der Waals surface area contributed by atoms with Crippen LogP contribution < -0.4 is 4.57 Å². The number of aromatic nitrogens is 1. The van der Waals surface area contributed by atoms with Crippen LogP contribution in [0.25, 0.3) is 44.0 Å². The summed E-state index contributed by atoms with van der Waals surface area (Å²) < 4.78 is 8.66. The summed E-state index contributed by atoms with van der Waals surface area (Å²) in [7, 11) is 2.11. The molecule has 3 aromatic carbocycles. The van der Waals surface area contributed by atoms with Crippen LogP contribution in [0.15, 0.2) is 71.3 Å². The summed E-state index contributed by atoms with van der Waals surface area (Å²) in [5.41, 5.74) is 6.87. The molecule has 0 aliphatic rings. The molecule has 2 nitrogen and oxygen atoms in total. The van der Waals surface area contributed by atoms with Crippen molar-refractivity contribution in [2.75, 3.05) is 0 Å². The second-order valence-corrected chi connectivity index (χ2v) is 8.04. The number of benzene rings is 3. The molecule has 0 radical (unpaired) electrons. The van der Waals surface area contributed by atoms with Gasteiger partial charge in [-0.05, 0) is 46.9 Å². The summed E-state index contributed by atoms with van der Waals surface area (Å²) in [6.45, 7) is 6.64. The standard InChI is InChI=1S/C26H24NO/c1-16(2)18-11-12-27(4)23(14-18)25-17(3)9-10-21-22-13-19-7-5-6-8-20(19)15-24(22)28-26(21)25/h5-16H,1-4H3/q+1. The van der Waals surface area contributed by atoms with Crippen LogP contribution in [0.5, 0.6) is 0 Å². The molecular weight excluding hydrogens is 342 g/mol. The second kappa shape index (κ2) is 6.20. The monoisotopic (exact) mass is 366 g/mol. The third-order valence-electron chi connectivity index (χ3n) is 5.81. The zero-order valence-electron chi connectivity index (χ0n) is 16.8. The number of hydrogen-bond donors (Lipinski definition) is 0. The van der Waals surface area contributed by atoms with Crippen LogP contribution in [0.2, 0.25) is 0 Å². The lowest BCUT2D eigenvalue weighted by Gasteiger charge is -2.09. The third kappa shape index (κ3) is 2.52. The predicted octanol–water partition coefficient (Wildman–Crippen LogP) is 6.66. The molecule has 0 aliphatic heterocycles. The van der Waals surface area contributed by atoms with E-state index in [-0.39, 0.29) is 0 Å². The molecule has 5 rings (SSSR count). The first-order chi connectivity index (χ1) is 13.5. The summed E-state index contributed by atoms with van der Waals surface area (Å²) in [6, 6.07) is 21.8. The summed E-state index contributed by atoms with van der Waals surface area (Å²) in [5, 5.41) is 4.81. The van der Waals surface area contributed by atoms with Crippen LogP contribution in [-0.2, 0) is 7.05 Å². The predicted molar refractivity (Wildman–Crippen MR) is 117 cm³/mol. The van der Waals surface area contributed by atoms with Gasteiger partial charge in [0.05, 0.1) is 5.56 Å². The number of pyridine rings is 1. The summed E-state index contributed by atoms with van der Waals surface area (Å²) in [5.74, 6) is 0.487. The Bertz CT molecular complexity index is 1360. The molecule has 0 saturated carbocycles. The average molecular weight is 366 g/mol. The zero-order valence-corrected chi connectivity index (χ0v) is 16.8. The zero-order chi connectivity index (χ0) is 19.4. The van der Waals surface area contributed by atoms with Gasteiger partial charge in [-0.2, -0.15) is 0 Å². The number of nitrogens with zero attached hydrogens (tertiary/aromatic N) is 1. The maximum Gasteiger partial charge on any atom is 0.216 e. The first-order valence-electron chi connectivity index (χ1n) is 9.87. The molecule has 0 fully saturated rings. The molecule has 2 heterocycles. The van der Waals surface area contributed by atoms with Crippen LogP contribution in [0.4, 0.5) is 0 Å². The highest BCUT2D eigenvalue weighted by molar-refractivity contribution is 6.13. The molecule has 2 aromatic heterocycles. The van der Waals surface area contributed by atoms with E-state index in [0.717, 1.165) is 11.2 Å². The van der Waals surface area contributed by atoms with E-state index in [1.807, 2.05) is 0 Å². The van der Waals surface area contributed by atoms with Gasteiger partial charge in [-0.15, -0.1) is 0 Å². The highest BCUT2D eigenvalue weighted by Gasteiger charge is 2.21. The highest BCUT2D eigenvalue weighted by atomic mass is 16.3. The Morgan fingerprint density at radius 2 is 1.61 bits per heavy atom. The average Bonchev–Trinajstić information content (AvgIpc) is 3.04. The molecule has 0 N–H and O–H groups in total. The Hall–Kier alpha value is -3.13. The highest BCUT2D eigenvalue weighted by Crippen LogP contribution is 2.38. The van der Waals surface area contributed by atoms with Gasteiger partial charge in [0.25, 0.3) is 0 Å². The van der Waals surface area contributed by atoms with Crippen molar-refractivity contribution in [3.05, 3.63) is 78.0 Å². The molecule has 0 spiro atoms. The molecule has 2 heteroatoms. The van der Waals surface area contributed by atoms with E-state index in [1.165, 1.54) is 43.9 Å². The smallest absolute Gasteiger partial charge is 0.216 e. The van der Waals surface area contributed by atoms with E-state index in [0.29, 0.717) is 5.92 Å². The molecule has 5 aromatic rings. The Morgan fingerprint density at radius 3 is 2.36 bits per heavy atom. The molecule has 138 valence electrons. The van der Waals surface area contributed by atoms with Gasteiger partial charge in [0.1, 0.15) is 18.2 Å². The Kier molecular flexibility index (Phi) is 3.77. The van der Waals surface area contributed by atoms with Crippen LogP contribution in [0.1, 0.15) is 30.9 Å². The Morgan fingerprint density at radius 1 is 0.857 bits per heavy atom. The first-order valence-corrected chi connectivity index (χ1v) is 9.87. The molecule has 0 amide bonds. The molecular formula is C26H24NO+. The summed E-state index contributed by atoms with van der Waals surface area (Å²) >= 11 is 0. The van der Waals surface area contributed by atoms with Crippen LogP contribution >= 0.6 is 0 Å². The van der Waals surface area contributed by atoms with Gasteiger partial charge in [-0.25, -0.2) is 4.57 Å². The molecule has 28 heavy (non-hydrogen) atoms. The van der Waals surface area contributed by atoms with Crippen LogP contribution in [0.3, 0.4) is 0 Å². The molecule has 0 bridgehead atoms. The van der Waals surface area contributed by atoms with Gasteiger partial charge in [-0.3, -0.25) is 0 Å². The van der Waals surface area contributed by atoms with E-state index in [2.05, 4.69) is 99.2 Å². The molecule has 0 atom stereocenters. The first kappa shape index (κ1) is 17.0. The lowest BCUT2D eigenvalue weighted by Crippen LogP contribution is -2.31. The minimum absolute atomic E-state index is 0.487. The number of fused-ring (bicyclic) bond motifs is 4. The van der Waals surface area contributed by atoms with E-state index in [9.17, 15) is 0 Å². The SMILES string of the molecule is Cc1ccc2c(oc3cc4ccccc4cc32)c1-c1cc(C(C)C)cc[n+]1C. The van der Waals surface area contributed by atoms with Crippen molar-refractivity contribution in [2.24, 2.45) is 7.05 Å². The number of aryl methyl sites for hydroxylation is 2. The fourth-order valence-electron chi connectivity index (χ4n) is 4.14. The van der Waals surface area contributed by atoms with Crippen LogP contribution in [-0.4, -0.2) is 0 Å². The van der Waals surface area contributed by atoms with E-state index < -0.39 is 0 Å². The van der Waals surface area contributed by atoms with Gasteiger partial charge < -0.3 is 4.42 Å². The maximum atomic E-state index is 6.47. The Labute approximate surface area is 165 Å². The van der Waals surface area contributed by atoms with Crippen molar-refractivity contribution in [3.8, 4) is 11.3 Å². The minimum atomic E-state index is 0.487. The normalized spacial score (nSPS) is 11.9. The number of hydrogen-bond acceptors (Lipinski definition) is 1. The fraction of sp³-hybridized carbons (Fsp3) is 0.192. The summed E-state index contributed by atoms with van der Waals surface area (Å²) in [6.07, 6.45) is 2.15. The van der Waals surface area contributed by atoms with Gasteiger partial charge in [0, 0.05) is 22.9 Å². The van der Waals surface area contributed by atoms with Crippen molar-refractivity contribution in [1.29, 1.82) is 0 Å². The van der Waals surface area contributed by atoms with E-state index in [4.69, 9.17) is 4.42 Å². The molecule has 0 saturated heterocycles. The maximum absolute atomic E-state index is 6.47. The van der Waals surface area contributed by atoms with Crippen molar-refractivity contribution >= 4 is 32.7 Å². The van der Waals surface area contributed by atoms with Gasteiger partial charge >= 0.3 is 0 Å². The topological polar surface area (TPSA) is 17.0 Å². The van der Waals surface area contributed by atoms with Crippen LogP contribution in [0, 0.1) is 6.92 Å². The quantitative estimate of drug-likeness (QED) is 0.319. The van der Waals surface area contributed by atoms with Crippen molar-refractivity contribution in [2.45, 2.75) is 26.7 Å². The fourth-order valence-corrected chi connectivity index (χ4v) is 4.14. The van der Waals surface area contributed by atoms with E-state index >= 15 is 0 Å². The van der Waals surface area contributed by atoms with Gasteiger partial charge in [-0.1, -0.05) is 50.2 Å². The summed E-state index contributed by atoms with van der Waals surface area (Å²) in [4.78, 5) is 0. The lowest BCUT2D eigenvalue weighted by atomic mass is 9.97. The van der Waals surface area contributed by atoms with Gasteiger partial charge in [0.2, 0.25) is 5.69 Å². The van der Waals surface area contributed by atoms with E-state index in [1.54, 1.807) is 0 Å². The Balaban J connectivity index is 1.88. The molecule has 0 aliphatic carbocycles. The number of furan rings is 1. The van der Waals surface area contributed by atoms with Gasteiger partial charge in [0.15, 0.2) is 6.20 Å². The minimum Gasteiger partial charge on any atom is -0.455 e. The third-order valence-corrected chi connectivity index (χ3v) is 5.81.